The number of piperidine rings is 2. The largest absolute Gasteiger partial charge is 0.485 e. The number of hydrogen-bond donors (Lipinski definition) is 2. The van der Waals surface area contributed by atoms with E-state index in [0.29, 0.717) is 11.0 Å². The van der Waals surface area contributed by atoms with Crippen molar-refractivity contribution in [3.05, 3.63) is 28.4 Å². The number of rotatable bonds is 3. The molecule has 1 aromatic carbocycles. The van der Waals surface area contributed by atoms with Crippen molar-refractivity contribution < 1.29 is 18.7 Å². The first-order valence-electron chi connectivity index (χ1n) is 9.08. The van der Waals surface area contributed by atoms with E-state index in [1.807, 2.05) is 0 Å². The summed E-state index contributed by atoms with van der Waals surface area (Å²) in [5.41, 5.74) is 0.297. The molecule has 27 heavy (non-hydrogen) atoms. The summed E-state index contributed by atoms with van der Waals surface area (Å²) >= 11 is 0. The number of imidazole rings is 1. The van der Waals surface area contributed by atoms with Crippen molar-refractivity contribution in [2.45, 2.75) is 37.8 Å². The van der Waals surface area contributed by atoms with Gasteiger partial charge in [0.15, 0.2) is 11.6 Å². The van der Waals surface area contributed by atoms with E-state index in [4.69, 9.17) is 4.74 Å². The third-order valence-electron chi connectivity index (χ3n) is 5.24. The number of nitrogens with one attached hydrogen (secondary N) is 2. The van der Waals surface area contributed by atoms with E-state index in [-0.39, 0.29) is 30.6 Å². The third-order valence-corrected chi connectivity index (χ3v) is 5.24. The van der Waals surface area contributed by atoms with Gasteiger partial charge in [-0.2, -0.15) is 0 Å². The van der Waals surface area contributed by atoms with Gasteiger partial charge in [0.25, 0.3) is 0 Å². The van der Waals surface area contributed by atoms with E-state index in [2.05, 4.69) is 10.6 Å². The van der Waals surface area contributed by atoms with Crippen LogP contribution in [0.4, 0.5) is 4.39 Å². The van der Waals surface area contributed by atoms with Crippen LogP contribution in [0.5, 0.6) is 5.75 Å². The first-order chi connectivity index (χ1) is 13.0. The van der Waals surface area contributed by atoms with E-state index in [1.165, 1.54) is 28.3 Å². The maximum Gasteiger partial charge on any atom is 0.329 e. The Labute approximate surface area is 154 Å². The van der Waals surface area contributed by atoms with Crippen LogP contribution in [0.3, 0.4) is 0 Å². The molecule has 0 bridgehead atoms. The van der Waals surface area contributed by atoms with Crippen molar-refractivity contribution in [2.75, 3.05) is 13.1 Å². The summed E-state index contributed by atoms with van der Waals surface area (Å²) in [6, 6.07) is 1.92. The molecule has 2 aliphatic rings. The lowest BCUT2D eigenvalue weighted by Crippen LogP contribution is -2.44. The Morgan fingerprint density at radius 1 is 1.15 bits per heavy atom. The molecule has 0 spiro atoms. The molecule has 0 radical (unpaired) electrons. The van der Waals surface area contributed by atoms with E-state index >= 15 is 0 Å². The first-order valence-corrected chi connectivity index (χ1v) is 9.08. The topological polar surface area (TPSA) is 94.4 Å². The molecule has 4 rings (SSSR count). The lowest BCUT2D eigenvalue weighted by molar-refractivity contribution is -0.135. The van der Waals surface area contributed by atoms with Crippen molar-refractivity contribution in [3.8, 4) is 5.75 Å². The second-order valence-corrected chi connectivity index (χ2v) is 6.99. The molecular formula is C18H21FN4O4. The maximum atomic E-state index is 14.6. The highest BCUT2D eigenvalue weighted by atomic mass is 19.1. The molecule has 1 aromatic heterocycles. The SMILES string of the molecule is Cn1c(=O)n(C2CCC(=O)NC2=O)c2ccc(F)c(OC3CCNCC3)c21. The van der Waals surface area contributed by atoms with Gasteiger partial charge in [0.1, 0.15) is 17.7 Å². The summed E-state index contributed by atoms with van der Waals surface area (Å²) in [7, 11) is 1.53. The molecule has 8 nitrogen and oxygen atoms in total. The lowest BCUT2D eigenvalue weighted by Gasteiger charge is -2.24. The average molecular weight is 376 g/mol. The van der Waals surface area contributed by atoms with Gasteiger partial charge >= 0.3 is 5.69 Å². The van der Waals surface area contributed by atoms with Gasteiger partial charge in [-0.3, -0.25) is 24.0 Å². The van der Waals surface area contributed by atoms with Crippen LogP contribution in [-0.4, -0.2) is 40.1 Å². The minimum absolute atomic E-state index is 0.0324. The van der Waals surface area contributed by atoms with Gasteiger partial charge in [-0.25, -0.2) is 9.18 Å². The molecule has 2 saturated heterocycles. The number of carbonyl (C=O) groups excluding carboxylic acids is 2. The second-order valence-electron chi connectivity index (χ2n) is 6.99. The number of imide groups is 1. The van der Waals surface area contributed by atoms with Gasteiger partial charge in [-0.15, -0.1) is 0 Å². The van der Waals surface area contributed by atoms with Gasteiger partial charge in [0.2, 0.25) is 11.8 Å². The Hall–Kier alpha value is -2.68. The molecule has 2 fully saturated rings. The number of amides is 2. The van der Waals surface area contributed by atoms with Gasteiger partial charge in [-0.05, 0) is 44.5 Å². The fraction of sp³-hybridized carbons (Fsp3) is 0.500. The zero-order chi connectivity index (χ0) is 19.1. The number of fused-ring (bicyclic) bond motifs is 1. The molecule has 2 aromatic rings. The molecule has 0 aliphatic carbocycles. The average Bonchev–Trinajstić information content (AvgIpc) is 2.90. The van der Waals surface area contributed by atoms with Crippen LogP contribution in [0.1, 0.15) is 31.7 Å². The van der Waals surface area contributed by atoms with Crippen molar-refractivity contribution in [2.24, 2.45) is 7.05 Å². The maximum absolute atomic E-state index is 14.6. The van der Waals surface area contributed by atoms with E-state index < -0.39 is 23.5 Å². The number of carbonyl (C=O) groups is 2. The first kappa shape index (κ1) is 17.7. The van der Waals surface area contributed by atoms with Crippen LogP contribution >= 0.6 is 0 Å². The zero-order valence-corrected chi connectivity index (χ0v) is 15.0. The molecule has 2 N–H and O–H groups in total. The summed E-state index contributed by atoms with van der Waals surface area (Å²) in [6.45, 7) is 1.58. The molecule has 1 unspecified atom stereocenters. The Balaban J connectivity index is 1.82. The fourth-order valence-corrected chi connectivity index (χ4v) is 3.84. The number of ether oxygens (including phenoxy) is 1. The summed E-state index contributed by atoms with van der Waals surface area (Å²) in [5.74, 6) is -1.39. The van der Waals surface area contributed by atoms with E-state index in [0.717, 1.165) is 25.9 Å². The number of aromatic nitrogens is 2. The Morgan fingerprint density at radius 2 is 1.89 bits per heavy atom. The van der Waals surface area contributed by atoms with Crippen molar-refractivity contribution in [1.82, 2.24) is 19.8 Å². The highest BCUT2D eigenvalue weighted by Crippen LogP contribution is 2.32. The van der Waals surface area contributed by atoms with Gasteiger partial charge in [-0.1, -0.05) is 0 Å². The smallest absolute Gasteiger partial charge is 0.329 e. The monoisotopic (exact) mass is 376 g/mol. The number of hydrogen-bond acceptors (Lipinski definition) is 5. The Kier molecular flexibility index (Phi) is 4.47. The van der Waals surface area contributed by atoms with Gasteiger partial charge in [0, 0.05) is 13.5 Å². The molecule has 3 heterocycles. The third kappa shape index (κ3) is 3.01. The van der Waals surface area contributed by atoms with Crippen molar-refractivity contribution in [3.63, 3.8) is 0 Å². The predicted molar refractivity (Wildman–Crippen MR) is 95.1 cm³/mol. The summed E-state index contributed by atoms with van der Waals surface area (Å²) < 4.78 is 23.1. The van der Waals surface area contributed by atoms with Crippen LogP contribution in [0, 0.1) is 5.82 Å². The lowest BCUT2D eigenvalue weighted by atomic mass is 10.1. The number of aryl methyl sites for hydroxylation is 1. The van der Waals surface area contributed by atoms with E-state index in [9.17, 15) is 18.8 Å². The predicted octanol–water partition coefficient (Wildman–Crippen LogP) is 0.588. The minimum atomic E-state index is -0.809. The Morgan fingerprint density at radius 3 is 2.59 bits per heavy atom. The Bertz CT molecular complexity index is 974. The highest BCUT2D eigenvalue weighted by Gasteiger charge is 2.32. The molecule has 2 aliphatic heterocycles. The van der Waals surface area contributed by atoms with Crippen molar-refractivity contribution >= 4 is 22.8 Å². The summed E-state index contributed by atoms with van der Waals surface area (Å²) in [5, 5.41) is 5.48. The fourth-order valence-electron chi connectivity index (χ4n) is 3.84. The van der Waals surface area contributed by atoms with Crippen LogP contribution < -0.4 is 21.1 Å². The van der Waals surface area contributed by atoms with Gasteiger partial charge in [0.05, 0.1) is 5.52 Å². The van der Waals surface area contributed by atoms with Gasteiger partial charge < -0.3 is 10.1 Å². The van der Waals surface area contributed by atoms with Crippen LogP contribution in [0.25, 0.3) is 11.0 Å². The van der Waals surface area contributed by atoms with Crippen LogP contribution in [0.2, 0.25) is 0 Å². The second kappa shape index (κ2) is 6.80. The normalized spacial score (nSPS) is 21.5. The molecular weight excluding hydrogens is 355 g/mol. The van der Waals surface area contributed by atoms with E-state index in [1.54, 1.807) is 0 Å². The number of benzene rings is 1. The molecule has 144 valence electrons. The van der Waals surface area contributed by atoms with Crippen molar-refractivity contribution in [1.29, 1.82) is 0 Å². The molecule has 2 amide bonds. The summed E-state index contributed by atoms with van der Waals surface area (Å²) in [4.78, 5) is 36.5. The van der Waals surface area contributed by atoms with Crippen LogP contribution in [-0.2, 0) is 16.6 Å². The molecule has 9 heteroatoms. The minimum Gasteiger partial charge on any atom is -0.485 e. The number of nitrogens with zero attached hydrogens (tertiary/aromatic N) is 2. The number of halogens is 1. The molecule has 1 atom stereocenters. The summed E-state index contributed by atoms with van der Waals surface area (Å²) in [6.07, 6.45) is 1.74. The quantitative estimate of drug-likeness (QED) is 0.765. The molecule has 0 saturated carbocycles. The van der Waals surface area contributed by atoms with Crippen LogP contribution in [0.15, 0.2) is 16.9 Å². The zero-order valence-electron chi connectivity index (χ0n) is 15.0. The highest BCUT2D eigenvalue weighted by molar-refractivity contribution is 6.00. The standard InChI is InChI=1S/C18H21FN4O4/c1-22-15-12(23(18(22)26)13-4-5-14(24)21-17(13)25)3-2-11(19)16(15)27-10-6-8-20-9-7-10/h2-3,10,13,20H,4-9H2,1H3,(H,21,24,25).